The van der Waals surface area contributed by atoms with E-state index in [-0.39, 0.29) is 5.41 Å². The van der Waals surface area contributed by atoms with Gasteiger partial charge in [0.25, 0.3) is 0 Å². The minimum Gasteiger partial charge on any atom is -0.384 e. The van der Waals surface area contributed by atoms with E-state index in [2.05, 4.69) is 0 Å². The van der Waals surface area contributed by atoms with E-state index in [1.54, 1.807) is 7.11 Å². The first-order valence-corrected chi connectivity index (χ1v) is 3.34. The zero-order valence-electron chi connectivity index (χ0n) is 6.47. The lowest BCUT2D eigenvalue weighted by Crippen LogP contribution is -2.47. The van der Waals surface area contributed by atoms with E-state index in [1.165, 1.54) is 0 Å². The summed E-state index contributed by atoms with van der Waals surface area (Å²) in [5, 5.41) is 0. The molecule has 62 valence electrons. The average Bonchev–Trinajstić information content (AvgIpc) is 2.01. The fraction of sp³-hybridized carbons (Fsp3) is 1.00. The van der Waals surface area contributed by atoms with Crippen molar-refractivity contribution in [2.24, 2.45) is 22.6 Å². The van der Waals surface area contributed by atoms with Gasteiger partial charge in [0, 0.05) is 32.2 Å². The van der Waals surface area contributed by atoms with Crippen LogP contribution in [0.25, 0.3) is 0 Å². The van der Waals surface area contributed by atoms with Crippen molar-refractivity contribution in [2.45, 2.75) is 0 Å². The van der Waals surface area contributed by atoms with Gasteiger partial charge >= 0.3 is 0 Å². The van der Waals surface area contributed by atoms with E-state index >= 15 is 0 Å². The smallest absolute Gasteiger partial charge is 0.0555 e. The summed E-state index contributed by atoms with van der Waals surface area (Å²) >= 11 is 0. The van der Waals surface area contributed by atoms with Gasteiger partial charge < -0.3 is 21.9 Å². The molecule has 0 radical (unpaired) electrons. The SMILES string of the molecule is COCC(CN)(CN)CN. The lowest BCUT2D eigenvalue weighted by molar-refractivity contribution is 0.0959. The summed E-state index contributed by atoms with van der Waals surface area (Å²) in [7, 11) is 1.62. The van der Waals surface area contributed by atoms with Gasteiger partial charge in [0.05, 0.1) is 6.61 Å². The monoisotopic (exact) mass is 147 g/mol. The molecule has 0 aliphatic heterocycles. The Balaban J connectivity index is 3.87. The van der Waals surface area contributed by atoms with Gasteiger partial charge in [-0.05, 0) is 0 Å². The first-order valence-electron chi connectivity index (χ1n) is 3.34. The maximum atomic E-state index is 5.47. The third-order valence-corrected chi connectivity index (χ3v) is 1.75. The molecule has 0 spiro atoms. The third-order valence-electron chi connectivity index (χ3n) is 1.75. The predicted molar refractivity (Wildman–Crippen MR) is 41.5 cm³/mol. The molecule has 0 aromatic heterocycles. The van der Waals surface area contributed by atoms with Crippen LogP contribution in [-0.2, 0) is 4.74 Å². The number of rotatable bonds is 5. The quantitative estimate of drug-likeness (QED) is 0.441. The molecule has 0 atom stereocenters. The van der Waals surface area contributed by atoms with Gasteiger partial charge in [-0.1, -0.05) is 0 Å². The molecule has 0 rings (SSSR count). The molecule has 4 heteroatoms. The van der Waals surface area contributed by atoms with E-state index in [9.17, 15) is 0 Å². The molecule has 0 unspecified atom stereocenters. The van der Waals surface area contributed by atoms with Crippen molar-refractivity contribution in [3.05, 3.63) is 0 Å². The lowest BCUT2D eigenvalue weighted by Gasteiger charge is -2.28. The van der Waals surface area contributed by atoms with Crippen molar-refractivity contribution >= 4 is 0 Å². The van der Waals surface area contributed by atoms with Crippen LogP contribution in [0.4, 0.5) is 0 Å². The van der Waals surface area contributed by atoms with E-state index in [1.807, 2.05) is 0 Å². The fourth-order valence-electron chi connectivity index (χ4n) is 0.733. The summed E-state index contributed by atoms with van der Waals surface area (Å²) in [5.41, 5.74) is 16.2. The van der Waals surface area contributed by atoms with Crippen LogP contribution in [0.2, 0.25) is 0 Å². The molecule has 4 nitrogen and oxygen atoms in total. The van der Waals surface area contributed by atoms with Crippen molar-refractivity contribution in [3.8, 4) is 0 Å². The largest absolute Gasteiger partial charge is 0.384 e. The number of nitrogens with two attached hydrogens (primary N) is 3. The van der Waals surface area contributed by atoms with Crippen molar-refractivity contribution in [1.82, 2.24) is 0 Å². The van der Waals surface area contributed by atoms with Gasteiger partial charge in [-0.15, -0.1) is 0 Å². The van der Waals surface area contributed by atoms with Crippen molar-refractivity contribution in [3.63, 3.8) is 0 Å². The Kier molecular flexibility index (Phi) is 4.55. The topological polar surface area (TPSA) is 87.3 Å². The predicted octanol–water partition coefficient (Wildman–Crippen LogP) is -1.50. The van der Waals surface area contributed by atoms with Crippen LogP contribution in [0.5, 0.6) is 0 Å². The minimum atomic E-state index is -0.214. The summed E-state index contributed by atoms with van der Waals surface area (Å²) in [5.74, 6) is 0. The fourth-order valence-corrected chi connectivity index (χ4v) is 0.733. The van der Waals surface area contributed by atoms with Crippen LogP contribution in [0.1, 0.15) is 0 Å². The zero-order valence-corrected chi connectivity index (χ0v) is 6.47. The van der Waals surface area contributed by atoms with E-state index in [0.717, 1.165) is 0 Å². The molecule has 10 heavy (non-hydrogen) atoms. The Labute approximate surface area is 61.7 Å². The van der Waals surface area contributed by atoms with Crippen LogP contribution in [-0.4, -0.2) is 33.4 Å². The number of methoxy groups -OCH3 is 1. The number of hydrogen-bond acceptors (Lipinski definition) is 4. The third kappa shape index (κ3) is 2.22. The van der Waals surface area contributed by atoms with Gasteiger partial charge in [0.15, 0.2) is 0 Å². The van der Waals surface area contributed by atoms with Crippen LogP contribution < -0.4 is 17.2 Å². The van der Waals surface area contributed by atoms with Crippen molar-refractivity contribution in [1.29, 1.82) is 0 Å². The lowest BCUT2D eigenvalue weighted by atomic mass is 9.90. The molecule has 0 aromatic carbocycles. The first kappa shape index (κ1) is 9.84. The highest BCUT2D eigenvalue weighted by atomic mass is 16.5. The molecule has 0 aliphatic carbocycles. The second-order valence-electron chi connectivity index (χ2n) is 2.55. The van der Waals surface area contributed by atoms with E-state index in [0.29, 0.717) is 26.2 Å². The van der Waals surface area contributed by atoms with E-state index in [4.69, 9.17) is 21.9 Å². The molecule has 0 amide bonds. The highest BCUT2D eigenvalue weighted by Crippen LogP contribution is 2.10. The van der Waals surface area contributed by atoms with Crippen LogP contribution >= 0.6 is 0 Å². The number of hydrogen-bond donors (Lipinski definition) is 3. The molecule has 0 aromatic rings. The number of ether oxygens (including phenoxy) is 1. The molecule has 0 saturated heterocycles. The molecular weight excluding hydrogens is 130 g/mol. The molecule has 0 aliphatic rings. The van der Waals surface area contributed by atoms with E-state index < -0.39 is 0 Å². The Hall–Kier alpha value is -0.160. The second-order valence-corrected chi connectivity index (χ2v) is 2.55. The summed E-state index contributed by atoms with van der Waals surface area (Å²) in [6, 6.07) is 0. The summed E-state index contributed by atoms with van der Waals surface area (Å²) < 4.78 is 4.94. The molecule has 0 fully saturated rings. The van der Waals surface area contributed by atoms with Gasteiger partial charge in [-0.3, -0.25) is 0 Å². The summed E-state index contributed by atoms with van der Waals surface area (Å²) in [6.07, 6.45) is 0. The van der Waals surface area contributed by atoms with Gasteiger partial charge in [0.2, 0.25) is 0 Å². The van der Waals surface area contributed by atoms with Crippen LogP contribution in [0.15, 0.2) is 0 Å². The van der Waals surface area contributed by atoms with Gasteiger partial charge in [-0.2, -0.15) is 0 Å². The minimum absolute atomic E-state index is 0.214. The highest BCUT2D eigenvalue weighted by Gasteiger charge is 2.24. The van der Waals surface area contributed by atoms with Gasteiger partial charge in [0.1, 0.15) is 0 Å². The second kappa shape index (κ2) is 4.62. The molecule has 0 bridgehead atoms. The maximum Gasteiger partial charge on any atom is 0.0555 e. The Morgan fingerprint density at radius 1 is 1.10 bits per heavy atom. The Bertz CT molecular complexity index is 74.8. The van der Waals surface area contributed by atoms with Crippen molar-refractivity contribution < 1.29 is 4.74 Å². The Morgan fingerprint density at radius 3 is 1.60 bits per heavy atom. The van der Waals surface area contributed by atoms with Crippen LogP contribution in [0, 0.1) is 5.41 Å². The summed E-state index contributed by atoms with van der Waals surface area (Å²) in [4.78, 5) is 0. The molecule has 6 N–H and O–H groups in total. The van der Waals surface area contributed by atoms with Gasteiger partial charge in [-0.25, -0.2) is 0 Å². The normalized spacial score (nSPS) is 12.0. The molecular formula is C6H17N3O. The van der Waals surface area contributed by atoms with Crippen LogP contribution in [0.3, 0.4) is 0 Å². The standard InChI is InChI=1S/C6H17N3O/c1-10-5-6(2-7,3-8)4-9/h2-5,7-9H2,1H3. The molecule has 0 saturated carbocycles. The maximum absolute atomic E-state index is 5.47. The Morgan fingerprint density at radius 2 is 1.50 bits per heavy atom. The van der Waals surface area contributed by atoms with Crippen molar-refractivity contribution in [2.75, 3.05) is 33.4 Å². The zero-order chi connectivity index (χ0) is 8.04. The summed E-state index contributed by atoms with van der Waals surface area (Å²) in [6.45, 7) is 1.98. The first-order chi connectivity index (χ1) is 4.74. The average molecular weight is 147 g/mol. The highest BCUT2D eigenvalue weighted by molar-refractivity contribution is 4.81. The molecule has 0 heterocycles.